The topological polar surface area (TPSA) is 0 Å². The molecule has 1 aliphatic rings. The number of rotatable bonds is 1. The standard InChI is InChI=1S/C8H9/c1-2-8-6-4-3-5-7-8/h1-6,8H,7H2. The summed E-state index contributed by atoms with van der Waals surface area (Å²) in [7, 11) is 0. The molecule has 0 spiro atoms. The SMILES string of the molecule is [CH]=CC1C=CC=CC1. The Bertz CT molecular complexity index is 129. The second-order valence-corrected chi connectivity index (χ2v) is 1.91. The molecule has 8 heavy (non-hydrogen) atoms. The molecular weight excluding hydrogens is 96.1 g/mol. The highest BCUT2D eigenvalue weighted by molar-refractivity contribution is 5.13. The minimum atomic E-state index is 0.472. The zero-order valence-corrected chi connectivity index (χ0v) is 4.75. The quantitative estimate of drug-likeness (QED) is 0.479. The third kappa shape index (κ3) is 1.09. The maximum Gasteiger partial charge on any atom is -0.00126 e. The lowest BCUT2D eigenvalue weighted by atomic mass is 10.0. The van der Waals surface area contributed by atoms with Gasteiger partial charge in [0, 0.05) is 0 Å². The van der Waals surface area contributed by atoms with Crippen molar-refractivity contribution < 1.29 is 0 Å². The Labute approximate surface area is 50.2 Å². The molecule has 0 heteroatoms. The van der Waals surface area contributed by atoms with Crippen molar-refractivity contribution in [3.63, 3.8) is 0 Å². The van der Waals surface area contributed by atoms with Gasteiger partial charge in [0.2, 0.25) is 0 Å². The van der Waals surface area contributed by atoms with Crippen LogP contribution in [0.5, 0.6) is 0 Å². The third-order valence-corrected chi connectivity index (χ3v) is 1.26. The minimum Gasteiger partial charge on any atom is -0.0837 e. The predicted octanol–water partition coefficient (Wildman–Crippen LogP) is 2.11. The largest absolute Gasteiger partial charge is 0.0837 e. The summed E-state index contributed by atoms with van der Waals surface area (Å²) in [5.74, 6) is 0.472. The van der Waals surface area contributed by atoms with Gasteiger partial charge in [0.05, 0.1) is 0 Å². The first-order chi connectivity index (χ1) is 3.93. The molecule has 1 radical (unpaired) electrons. The van der Waals surface area contributed by atoms with E-state index in [4.69, 9.17) is 6.58 Å². The van der Waals surface area contributed by atoms with Crippen LogP contribution in [0.4, 0.5) is 0 Å². The molecule has 0 N–H and O–H groups in total. The maximum atomic E-state index is 5.29. The first-order valence-corrected chi connectivity index (χ1v) is 2.82. The molecule has 0 aromatic carbocycles. The highest BCUT2D eigenvalue weighted by Crippen LogP contribution is 2.10. The first kappa shape index (κ1) is 5.36. The molecule has 1 atom stereocenters. The summed E-state index contributed by atoms with van der Waals surface area (Å²) in [6.45, 7) is 5.29. The highest BCUT2D eigenvalue weighted by atomic mass is 14.0. The molecule has 0 aliphatic heterocycles. The van der Waals surface area contributed by atoms with Gasteiger partial charge < -0.3 is 0 Å². The van der Waals surface area contributed by atoms with Crippen molar-refractivity contribution in [1.82, 2.24) is 0 Å². The molecule has 0 aromatic rings. The van der Waals surface area contributed by atoms with Crippen molar-refractivity contribution >= 4 is 0 Å². The summed E-state index contributed by atoms with van der Waals surface area (Å²) in [6.07, 6.45) is 11.1. The van der Waals surface area contributed by atoms with Crippen molar-refractivity contribution in [2.75, 3.05) is 0 Å². The van der Waals surface area contributed by atoms with E-state index in [1.54, 1.807) is 6.08 Å². The van der Waals surface area contributed by atoms with Crippen LogP contribution >= 0.6 is 0 Å². The van der Waals surface area contributed by atoms with Gasteiger partial charge in [-0.2, -0.15) is 0 Å². The average Bonchev–Trinajstić information content (AvgIpc) is 1.90. The van der Waals surface area contributed by atoms with Crippen LogP contribution in [0.1, 0.15) is 6.42 Å². The number of hydrogen-bond acceptors (Lipinski definition) is 0. The zero-order chi connectivity index (χ0) is 5.82. The summed E-state index contributed by atoms with van der Waals surface area (Å²) >= 11 is 0. The Balaban J connectivity index is 2.51. The van der Waals surface area contributed by atoms with Gasteiger partial charge in [0.1, 0.15) is 0 Å². The van der Waals surface area contributed by atoms with E-state index in [9.17, 15) is 0 Å². The summed E-state index contributed by atoms with van der Waals surface area (Å²) < 4.78 is 0. The van der Waals surface area contributed by atoms with Crippen molar-refractivity contribution in [3.05, 3.63) is 37.0 Å². The lowest BCUT2D eigenvalue weighted by molar-refractivity contribution is 0.823. The fraction of sp³-hybridized carbons (Fsp3) is 0.250. The van der Waals surface area contributed by atoms with Gasteiger partial charge in [-0.1, -0.05) is 37.0 Å². The van der Waals surface area contributed by atoms with Crippen LogP contribution < -0.4 is 0 Å². The summed E-state index contributed by atoms with van der Waals surface area (Å²) in [4.78, 5) is 0. The number of hydrogen-bond donors (Lipinski definition) is 0. The maximum absolute atomic E-state index is 5.29. The van der Waals surface area contributed by atoms with E-state index in [0.717, 1.165) is 6.42 Å². The normalized spacial score (nSPS) is 25.8. The molecule has 0 aromatic heterocycles. The van der Waals surface area contributed by atoms with Gasteiger partial charge >= 0.3 is 0 Å². The van der Waals surface area contributed by atoms with E-state index in [-0.39, 0.29) is 0 Å². The monoisotopic (exact) mass is 105 g/mol. The fourth-order valence-electron chi connectivity index (χ4n) is 0.742. The third-order valence-electron chi connectivity index (χ3n) is 1.26. The van der Waals surface area contributed by atoms with Gasteiger partial charge in [-0.3, -0.25) is 0 Å². The van der Waals surface area contributed by atoms with E-state index in [1.807, 2.05) is 12.2 Å². The van der Waals surface area contributed by atoms with Gasteiger partial charge in [-0.05, 0) is 12.3 Å². The molecule has 1 unspecified atom stereocenters. The van der Waals surface area contributed by atoms with Crippen LogP contribution in [-0.4, -0.2) is 0 Å². The van der Waals surface area contributed by atoms with Crippen molar-refractivity contribution in [2.24, 2.45) is 5.92 Å². The van der Waals surface area contributed by atoms with Crippen LogP contribution in [0.25, 0.3) is 0 Å². The van der Waals surface area contributed by atoms with E-state index < -0.39 is 0 Å². The summed E-state index contributed by atoms with van der Waals surface area (Å²) in [5.41, 5.74) is 0. The zero-order valence-electron chi connectivity index (χ0n) is 4.75. The van der Waals surface area contributed by atoms with Crippen molar-refractivity contribution in [2.45, 2.75) is 6.42 Å². The van der Waals surface area contributed by atoms with Gasteiger partial charge in [-0.15, -0.1) is 0 Å². The Morgan fingerprint density at radius 2 is 2.38 bits per heavy atom. The Morgan fingerprint density at radius 1 is 1.50 bits per heavy atom. The summed E-state index contributed by atoms with van der Waals surface area (Å²) in [6, 6.07) is 0. The van der Waals surface area contributed by atoms with Crippen molar-refractivity contribution in [1.29, 1.82) is 0 Å². The van der Waals surface area contributed by atoms with Crippen LogP contribution in [0.2, 0.25) is 0 Å². The smallest absolute Gasteiger partial charge is 0.00126 e. The molecule has 0 bridgehead atoms. The average molecular weight is 105 g/mol. The Hall–Kier alpha value is -0.780. The number of allylic oxidation sites excluding steroid dienone is 5. The Kier molecular flexibility index (Phi) is 1.68. The van der Waals surface area contributed by atoms with Crippen LogP contribution in [0, 0.1) is 12.5 Å². The van der Waals surface area contributed by atoms with Gasteiger partial charge in [-0.25, -0.2) is 0 Å². The van der Waals surface area contributed by atoms with Gasteiger partial charge in [0.15, 0.2) is 0 Å². The molecule has 0 nitrogen and oxygen atoms in total. The second-order valence-electron chi connectivity index (χ2n) is 1.91. The van der Waals surface area contributed by atoms with E-state index in [0.29, 0.717) is 5.92 Å². The molecule has 0 saturated carbocycles. The minimum absolute atomic E-state index is 0.472. The van der Waals surface area contributed by atoms with Crippen LogP contribution in [-0.2, 0) is 0 Å². The van der Waals surface area contributed by atoms with Crippen LogP contribution in [0.15, 0.2) is 30.4 Å². The lowest BCUT2D eigenvalue weighted by Gasteiger charge is -2.04. The predicted molar refractivity (Wildman–Crippen MR) is 35.3 cm³/mol. The molecule has 1 aliphatic carbocycles. The van der Waals surface area contributed by atoms with E-state index in [1.165, 1.54) is 0 Å². The van der Waals surface area contributed by atoms with E-state index in [2.05, 4.69) is 12.2 Å². The molecule has 0 saturated heterocycles. The van der Waals surface area contributed by atoms with E-state index >= 15 is 0 Å². The molecule has 41 valence electrons. The molecule has 0 heterocycles. The molecule has 1 rings (SSSR count). The lowest BCUT2D eigenvalue weighted by Crippen LogP contribution is -1.90. The Morgan fingerprint density at radius 3 is 2.75 bits per heavy atom. The first-order valence-electron chi connectivity index (χ1n) is 2.82. The van der Waals surface area contributed by atoms with Gasteiger partial charge in [0.25, 0.3) is 0 Å². The molecular formula is C8H9. The highest BCUT2D eigenvalue weighted by Gasteiger charge is 1.96. The van der Waals surface area contributed by atoms with Crippen molar-refractivity contribution in [3.8, 4) is 0 Å². The fourth-order valence-corrected chi connectivity index (χ4v) is 0.742. The second kappa shape index (κ2) is 2.51. The van der Waals surface area contributed by atoms with Crippen LogP contribution in [0.3, 0.4) is 0 Å². The molecule has 0 fully saturated rings. The molecule has 0 amide bonds. The summed E-state index contributed by atoms with van der Waals surface area (Å²) in [5, 5.41) is 0.